The fraction of sp³-hybridized carbons (Fsp3) is 0.316. The van der Waals surface area contributed by atoms with Gasteiger partial charge in [-0.15, -0.1) is 0 Å². The molecule has 0 saturated carbocycles. The highest BCUT2D eigenvalue weighted by Gasteiger charge is 2.44. The first kappa shape index (κ1) is 17.0. The smallest absolute Gasteiger partial charge is 0.295 e. The lowest BCUT2D eigenvalue weighted by molar-refractivity contribution is -0.117. The highest BCUT2D eigenvalue weighted by Crippen LogP contribution is 2.40. The molecule has 1 unspecified atom stereocenters. The molecule has 0 fully saturated rings. The number of amides is 1. The number of benzene rings is 1. The molecular weight excluding hydrogens is 320 g/mol. The van der Waals surface area contributed by atoms with Crippen LogP contribution in [0.15, 0.2) is 46.2 Å². The van der Waals surface area contributed by atoms with E-state index in [-0.39, 0.29) is 17.2 Å². The van der Waals surface area contributed by atoms with Gasteiger partial charge in [0.15, 0.2) is 17.4 Å². The number of aryl methyl sites for hydroxylation is 1. The van der Waals surface area contributed by atoms with E-state index in [1.54, 1.807) is 13.0 Å². The van der Waals surface area contributed by atoms with Crippen molar-refractivity contribution in [3.8, 4) is 0 Å². The lowest BCUT2D eigenvalue weighted by Crippen LogP contribution is -2.31. The van der Waals surface area contributed by atoms with E-state index in [2.05, 4.69) is 19.0 Å². The Hall–Kier alpha value is -2.89. The molecule has 1 aliphatic heterocycles. The van der Waals surface area contributed by atoms with Crippen molar-refractivity contribution in [3.63, 3.8) is 0 Å². The van der Waals surface area contributed by atoms with E-state index >= 15 is 0 Å². The maximum Gasteiger partial charge on any atom is 0.295 e. The van der Waals surface area contributed by atoms with E-state index in [0.717, 1.165) is 11.1 Å². The van der Waals surface area contributed by atoms with Crippen molar-refractivity contribution in [1.29, 1.82) is 0 Å². The molecule has 1 atom stereocenters. The number of Topliss-reactive ketones (excluding diaryl/α,β-unsaturated/α-hetero) is 1. The first-order valence-corrected chi connectivity index (χ1v) is 8.12. The Kier molecular flexibility index (Phi) is 4.20. The van der Waals surface area contributed by atoms with Gasteiger partial charge in [-0.3, -0.25) is 14.5 Å². The van der Waals surface area contributed by atoms with E-state index in [0.29, 0.717) is 11.7 Å². The summed E-state index contributed by atoms with van der Waals surface area (Å²) in [6, 6.07) is 8.54. The van der Waals surface area contributed by atoms with Gasteiger partial charge in [-0.2, -0.15) is 0 Å². The number of anilines is 1. The summed E-state index contributed by atoms with van der Waals surface area (Å²) in [7, 11) is 0. The summed E-state index contributed by atoms with van der Waals surface area (Å²) in [5.74, 6) is -0.380. The van der Waals surface area contributed by atoms with Gasteiger partial charge in [-0.25, -0.2) is 0 Å². The van der Waals surface area contributed by atoms with Crippen molar-refractivity contribution in [3.05, 3.63) is 58.6 Å². The summed E-state index contributed by atoms with van der Waals surface area (Å²) >= 11 is 0. The molecule has 0 bridgehead atoms. The van der Waals surface area contributed by atoms with Crippen LogP contribution in [0.1, 0.15) is 49.6 Å². The van der Waals surface area contributed by atoms with Crippen LogP contribution in [0.5, 0.6) is 0 Å². The SMILES string of the molecule is CC(=O)C1=C(O)C(=O)N(c2cc(C)on2)C1c1ccc(C(C)C)cc1. The van der Waals surface area contributed by atoms with Gasteiger partial charge in [0.2, 0.25) is 0 Å². The molecule has 0 radical (unpaired) electrons. The highest BCUT2D eigenvalue weighted by atomic mass is 16.5. The summed E-state index contributed by atoms with van der Waals surface area (Å²) in [5, 5.41) is 14.1. The van der Waals surface area contributed by atoms with Gasteiger partial charge in [0, 0.05) is 6.07 Å². The number of aliphatic hydroxyl groups excluding tert-OH is 1. The number of carbonyl (C=O) groups excluding carboxylic acids is 2. The molecule has 0 saturated heterocycles. The van der Waals surface area contributed by atoms with Crippen LogP contribution in [0.3, 0.4) is 0 Å². The van der Waals surface area contributed by atoms with Crippen molar-refractivity contribution in [2.45, 2.75) is 39.7 Å². The third-order valence-electron chi connectivity index (χ3n) is 4.37. The summed E-state index contributed by atoms with van der Waals surface area (Å²) in [6.45, 7) is 7.23. The number of aliphatic hydroxyl groups is 1. The van der Waals surface area contributed by atoms with Crippen molar-refractivity contribution < 1.29 is 19.2 Å². The fourth-order valence-corrected chi connectivity index (χ4v) is 3.05. The lowest BCUT2D eigenvalue weighted by atomic mass is 9.94. The minimum atomic E-state index is -0.726. The zero-order chi connectivity index (χ0) is 18.3. The highest BCUT2D eigenvalue weighted by molar-refractivity contribution is 6.15. The van der Waals surface area contributed by atoms with Gasteiger partial charge in [-0.05, 0) is 30.9 Å². The van der Waals surface area contributed by atoms with Crippen LogP contribution < -0.4 is 4.90 Å². The second-order valence-electron chi connectivity index (χ2n) is 6.51. The van der Waals surface area contributed by atoms with Crippen LogP contribution in [0.4, 0.5) is 5.82 Å². The lowest BCUT2D eigenvalue weighted by Gasteiger charge is -2.24. The average Bonchev–Trinajstić information content (AvgIpc) is 3.09. The first-order chi connectivity index (χ1) is 11.8. The molecule has 25 heavy (non-hydrogen) atoms. The van der Waals surface area contributed by atoms with E-state index in [1.807, 2.05) is 24.3 Å². The molecule has 6 nitrogen and oxygen atoms in total. The molecule has 1 aromatic heterocycles. The van der Waals surface area contributed by atoms with Gasteiger partial charge in [-0.1, -0.05) is 43.3 Å². The molecule has 0 aliphatic carbocycles. The molecule has 1 aliphatic rings. The Morgan fingerprint density at radius 3 is 2.40 bits per heavy atom. The number of ketones is 1. The molecule has 2 aromatic rings. The minimum Gasteiger partial charge on any atom is -0.503 e. The number of rotatable bonds is 4. The molecule has 1 amide bonds. The molecule has 1 aromatic carbocycles. The molecule has 2 heterocycles. The number of nitrogens with zero attached hydrogens (tertiary/aromatic N) is 2. The largest absolute Gasteiger partial charge is 0.503 e. The third kappa shape index (κ3) is 2.84. The second-order valence-corrected chi connectivity index (χ2v) is 6.51. The summed E-state index contributed by atoms with van der Waals surface area (Å²) in [4.78, 5) is 26.0. The molecule has 6 heteroatoms. The van der Waals surface area contributed by atoms with E-state index < -0.39 is 17.7 Å². The summed E-state index contributed by atoms with van der Waals surface area (Å²) in [6.07, 6.45) is 0. The van der Waals surface area contributed by atoms with E-state index in [4.69, 9.17) is 4.52 Å². The summed E-state index contributed by atoms with van der Waals surface area (Å²) in [5.41, 5.74) is 1.95. The van der Waals surface area contributed by atoms with Crippen molar-refractivity contribution >= 4 is 17.5 Å². The predicted molar refractivity (Wildman–Crippen MR) is 92.3 cm³/mol. The first-order valence-electron chi connectivity index (χ1n) is 8.12. The van der Waals surface area contributed by atoms with Gasteiger partial charge in [0.1, 0.15) is 5.76 Å². The Morgan fingerprint density at radius 1 is 1.28 bits per heavy atom. The monoisotopic (exact) mass is 340 g/mol. The average molecular weight is 340 g/mol. The van der Waals surface area contributed by atoms with E-state index in [9.17, 15) is 14.7 Å². The van der Waals surface area contributed by atoms with Crippen LogP contribution in [0, 0.1) is 6.92 Å². The van der Waals surface area contributed by atoms with Crippen LogP contribution in [0.25, 0.3) is 0 Å². The van der Waals surface area contributed by atoms with E-state index in [1.165, 1.54) is 11.8 Å². The standard InChI is InChI=1S/C19H20N2O4/c1-10(2)13-5-7-14(8-6-13)17-16(12(4)22)18(23)19(24)21(17)15-9-11(3)25-20-15/h5-10,17,23H,1-4H3. The van der Waals surface area contributed by atoms with Gasteiger partial charge < -0.3 is 9.63 Å². The van der Waals surface area contributed by atoms with Crippen molar-refractivity contribution in [2.24, 2.45) is 0 Å². The molecular formula is C19H20N2O4. The van der Waals surface area contributed by atoms with Gasteiger partial charge in [0.25, 0.3) is 5.91 Å². The van der Waals surface area contributed by atoms with Crippen LogP contribution in [0.2, 0.25) is 0 Å². The molecule has 130 valence electrons. The third-order valence-corrected chi connectivity index (χ3v) is 4.37. The zero-order valence-corrected chi connectivity index (χ0v) is 14.6. The fourth-order valence-electron chi connectivity index (χ4n) is 3.05. The van der Waals surface area contributed by atoms with Crippen LogP contribution >= 0.6 is 0 Å². The van der Waals surface area contributed by atoms with Crippen molar-refractivity contribution in [2.75, 3.05) is 4.90 Å². The maximum absolute atomic E-state index is 12.6. The Labute approximate surface area is 145 Å². The minimum absolute atomic E-state index is 0.0722. The van der Waals surface area contributed by atoms with Crippen LogP contribution in [-0.4, -0.2) is 22.0 Å². The number of hydrogen-bond acceptors (Lipinski definition) is 5. The Balaban J connectivity index is 2.12. The predicted octanol–water partition coefficient (Wildman–Crippen LogP) is 3.60. The molecule has 3 rings (SSSR count). The normalized spacial score (nSPS) is 17.7. The molecule has 1 N–H and O–H groups in total. The maximum atomic E-state index is 12.6. The van der Waals surface area contributed by atoms with Gasteiger partial charge >= 0.3 is 0 Å². The number of carbonyl (C=O) groups is 2. The number of aromatic nitrogens is 1. The van der Waals surface area contributed by atoms with Crippen LogP contribution in [-0.2, 0) is 9.59 Å². The Bertz CT molecular complexity index is 862. The molecule has 0 spiro atoms. The van der Waals surface area contributed by atoms with Gasteiger partial charge in [0.05, 0.1) is 11.6 Å². The Morgan fingerprint density at radius 2 is 1.92 bits per heavy atom. The number of hydrogen-bond donors (Lipinski definition) is 1. The zero-order valence-electron chi connectivity index (χ0n) is 14.6. The topological polar surface area (TPSA) is 83.6 Å². The second kappa shape index (κ2) is 6.20. The quantitative estimate of drug-likeness (QED) is 0.919. The summed E-state index contributed by atoms with van der Waals surface area (Å²) < 4.78 is 5.06. The van der Waals surface area contributed by atoms with Crippen molar-refractivity contribution in [1.82, 2.24) is 5.16 Å².